The Morgan fingerprint density at radius 3 is 2.81 bits per heavy atom. The Morgan fingerprint density at radius 1 is 1.29 bits per heavy atom. The van der Waals surface area contributed by atoms with Crippen molar-refractivity contribution in [3.63, 3.8) is 0 Å². The SMILES string of the molecule is O=C(Nc1cccs1)N(CCN1CCOCC1)c1nc2ccc(OC(F)(F)F)cc2s1. The summed E-state index contributed by atoms with van der Waals surface area (Å²) in [5.41, 5.74) is 0.495. The van der Waals surface area contributed by atoms with Crippen molar-refractivity contribution in [2.45, 2.75) is 6.36 Å². The van der Waals surface area contributed by atoms with Crippen LogP contribution < -0.4 is 15.0 Å². The number of thiazole rings is 1. The van der Waals surface area contributed by atoms with Crippen LogP contribution in [0.1, 0.15) is 0 Å². The van der Waals surface area contributed by atoms with Gasteiger partial charge in [0.15, 0.2) is 5.13 Å². The minimum Gasteiger partial charge on any atom is -0.406 e. The van der Waals surface area contributed by atoms with E-state index >= 15 is 0 Å². The number of amides is 2. The number of carbonyl (C=O) groups excluding carboxylic acids is 1. The van der Waals surface area contributed by atoms with Crippen molar-refractivity contribution >= 4 is 49.1 Å². The molecule has 1 saturated heterocycles. The van der Waals surface area contributed by atoms with Gasteiger partial charge in [-0.05, 0) is 29.6 Å². The number of thiophene rings is 1. The number of anilines is 2. The van der Waals surface area contributed by atoms with Crippen LogP contribution in [0.25, 0.3) is 10.2 Å². The number of fused-ring (bicyclic) bond motifs is 1. The van der Waals surface area contributed by atoms with Gasteiger partial charge in [0.05, 0.1) is 28.4 Å². The first-order valence-electron chi connectivity index (χ1n) is 9.46. The second-order valence-electron chi connectivity index (χ2n) is 6.69. The molecule has 7 nitrogen and oxygen atoms in total. The van der Waals surface area contributed by atoms with Gasteiger partial charge in [-0.2, -0.15) is 0 Å². The Kier molecular flexibility index (Phi) is 6.60. The molecule has 31 heavy (non-hydrogen) atoms. The predicted octanol–water partition coefficient (Wildman–Crippen LogP) is 4.63. The van der Waals surface area contributed by atoms with E-state index in [1.54, 1.807) is 6.07 Å². The zero-order valence-electron chi connectivity index (χ0n) is 16.2. The molecule has 2 aromatic heterocycles. The molecule has 166 valence electrons. The second-order valence-corrected chi connectivity index (χ2v) is 8.64. The van der Waals surface area contributed by atoms with Crippen LogP contribution in [0.5, 0.6) is 5.75 Å². The summed E-state index contributed by atoms with van der Waals surface area (Å²) < 4.78 is 47.4. The van der Waals surface area contributed by atoms with E-state index in [-0.39, 0.29) is 11.8 Å². The second kappa shape index (κ2) is 9.39. The summed E-state index contributed by atoms with van der Waals surface area (Å²) in [7, 11) is 0. The molecule has 0 spiro atoms. The number of halogens is 3. The minimum absolute atomic E-state index is 0.321. The molecular weight excluding hydrogens is 453 g/mol. The maximum atomic E-state index is 13.0. The lowest BCUT2D eigenvalue weighted by molar-refractivity contribution is -0.274. The largest absolute Gasteiger partial charge is 0.573 e. The Labute approximate surface area is 184 Å². The molecule has 12 heteroatoms. The minimum atomic E-state index is -4.77. The number of ether oxygens (including phenoxy) is 2. The molecule has 1 N–H and O–H groups in total. The number of alkyl halides is 3. The number of hydrogen-bond acceptors (Lipinski definition) is 7. The quantitative estimate of drug-likeness (QED) is 0.567. The van der Waals surface area contributed by atoms with Gasteiger partial charge in [0.25, 0.3) is 0 Å². The number of hydrogen-bond donors (Lipinski definition) is 1. The van der Waals surface area contributed by atoms with E-state index in [0.29, 0.717) is 46.7 Å². The number of morpholine rings is 1. The van der Waals surface area contributed by atoms with Gasteiger partial charge < -0.3 is 9.47 Å². The number of nitrogens with zero attached hydrogens (tertiary/aromatic N) is 3. The molecule has 0 unspecified atom stereocenters. The average Bonchev–Trinajstić information content (AvgIpc) is 3.37. The molecule has 0 saturated carbocycles. The van der Waals surface area contributed by atoms with Crippen molar-refractivity contribution in [3.05, 3.63) is 35.7 Å². The van der Waals surface area contributed by atoms with Gasteiger partial charge in [-0.25, -0.2) is 9.78 Å². The number of nitrogens with one attached hydrogen (secondary N) is 1. The predicted molar refractivity (Wildman–Crippen MR) is 114 cm³/mol. The Bertz CT molecular complexity index is 1020. The first-order valence-corrected chi connectivity index (χ1v) is 11.2. The Hall–Kier alpha value is -2.41. The van der Waals surface area contributed by atoms with E-state index in [1.165, 1.54) is 34.4 Å². The highest BCUT2D eigenvalue weighted by Crippen LogP contribution is 2.33. The summed E-state index contributed by atoms with van der Waals surface area (Å²) in [6.45, 7) is 3.84. The molecule has 1 aliphatic rings. The van der Waals surface area contributed by atoms with Crippen molar-refractivity contribution < 1.29 is 27.4 Å². The molecule has 3 heterocycles. The molecule has 1 aromatic carbocycles. The van der Waals surface area contributed by atoms with Crippen LogP contribution in [-0.2, 0) is 4.74 Å². The van der Waals surface area contributed by atoms with Gasteiger partial charge >= 0.3 is 12.4 Å². The molecule has 2 amide bonds. The maximum Gasteiger partial charge on any atom is 0.573 e. The highest BCUT2D eigenvalue weighted by Gasteiger charge is 2.31. The van der Waals surface area contributed by atoms with Crippen molar-refractivity contribution in [3.8, 4) is 5.75 Å². The van der Waals surface area contributed by atoms with Gasteiger partial charge in [-0.1, -0.05) is 11.3 Å². The molecule has 3 aromatic rings. The monoisotopic (exact) mass is 472 g/mol. The van der Waals surface area contributed by atoms with Crippen LogP contribution in [-0.4, -0.2) is 61.7 Å². The van der Waals surface area contributed by atoms with Gasteiger partial charge in [0.2, 0.25) is 0 Å². The van der Waals surface area contributed by atoms with Crippen molar-refractivity contribution in [2.75, 3.05) is 49.6 Å². The molecule has 0 radical (unpaired) electrons. The zero-order valence-corrected chi connectivity index (χ0v) is 17.9. The average molecular weight is 473 g/mol. The molecule has 0 atom stereocenters. The summed E-state index contributed by atoms with van der Waals surface area (Å²) in [5.74, 6) is -0.321. The highest BCUT2D eigenvalue weighted by molar-refractivity contribution is 7.22. The molecule has 1 fully saturated rings. The van der Waals surface area contributed by atoms with Crippen LogP contribution in [0.2, 0.25) is 0 Å². The number of urea groups is 1. The van der Waals surface area contributed by atoms with Crippen molar-refractivity contribution in [1.82, 2.24) is 9.88 Å². The van der Waals surface area contributed by atoms with Crippen molar-refractivity contribution in [1.29, 1.82) is 0 Å². The fourth-order valence-corrected chi connectivity index (χ4v) is 4.70. The van der Waals surface area contributed by atoms with Crippen LogP contribution in [0, 0.1) is 0 Å². The normalized spacial score (nSPS) is 15.2. The van der Waals surface area contributed by atoms with Crippen LogP contribution >= 0.6 is 22.7 Å². The standard InChI is InChI=1S/C19H19F3N4O3S2/c20-19(21,22)29-13-3-4-14-15(12-13)31-18(23-14)26(6-5-25-7-9-28-10-8-25)17(27)24-16-2-1-11-30-16/h1-4,11-12H,5-10H2,(H,24,27). The lowest BCUT2D eigenvalue weighted by Crippen LogP contribution is -2.44. The Morgan fingerprint density at radius 2 is 2.10 bits per heavy atom. The highest BCUT2D eigenvalue weighted by atomic mass is 32.1. The van der Waals surface area contributed by atoms with Crippen LogP contribution in [0.4, 0.5) is 28.1 Å². The van der Waals surface area contributed by atoms with E-state index < -0.39 is 6.36 Å². The molecular formula is C19H19F3N4O3S2. The van der Waals surface area contributed by atoms with E-state index in [2.05, 4.69) is 19.9 Å². The van der Waals surface area contributed by atoms with Crippen LogP contribution in [0.15, 0.2) is 35.7 Å². The lowest BCUT2D eigenvalue weighted by atomic mass is 10.3. The summed E-state index contributed by atoms with van der Waals surface area (Å²) in [6, 6.07) is 7.22. The molecule has 0 aliphatic carbocycles. The van der Waals surface area contributed by atoms with Crippen molar-refractivity contribution in [2.24, 2.45) is 0 Å². The summed E-state index contributed by atoms with van der Waals surface area (Å²) >= 11 is 2.54. The third-order valence-corrected chi connectivity index (χ3v) is 6.38. The molecule has 4 rings (SSSR count). The third kappa shape index (κ3) is 5.85. The summed E-state index contributed by atoms with van der Waals surface area (Å²) in [4.78, 5) is 21.2. The van der Waals surface area contributed by atoms with E-state index in [4.69, 9.17) is 4.74 Å². The first-order chi connectivity index (χ1) is 14.9. The van der Waals surface area contributed by atoms with Gasteiger partial charge in [-0.15, -0.1) is 24.5 Å². The lowest BCUT2D eigenvalue weighted by Gasteiger charge is -2.29. The van der Waals surface area contributed by atoms with Gasteiger partial charge in [0, 0.05) is 32.2 Å². The number of rotatable bonds is 6. The number of benzene rings is 1. The van der Waals surface area contributed by atoms with E-state index in [1.807, 2.05) is 11.4 Å². The topological polar surface area (TPSA) is 66.9 Å². The van der Waals surface area contributed by atoms with Gasteiger partial charge in [-0.3, -0.25) is 15.1 Å². The van der Waals surface area contributed by atoms with Gasteiger partial charge in [0.1, 0.15) is 5.75 Å². The van der Waals surface area contributed by atoms with E-state index in [0.717, 1.165) is 24.4 Å². The maximum absolute atomic E-state index is 13.0. The zero-order chi connectivity index (χ0) is 21.8. The first kappa shape index (κ1) is 21.8. The third-order valence-electron chi connectivity index (χ3n) is 4.55. The van der Waals surface area contributed by atoms with E-state index in [9.17, 15) is 18.0 Å². The smallest absolute Gasteiger partial charge is 0.406 e. The Balaban J connectivity index is 1.56. The molecule has 0 bridgehead atoms. The van der Waals surface area contributed by atoms with Crippen LogP contribution in [0.3, 0.4) is 0 Å². The summed E-state index contributed by atoms with van der Waals surface area (Å²) in [5, 5.41) is 5.81. The fourth-order valence-electron chi connectivity index (χ4n) is 3.08. The number of carbonyl (C=O) groups is 1. The number of aromatic nitrogens is 1. The molecule has 1 aliphatic heterocycles. The fraction of sp³-hybridized carbons (Fsp3) is 0.368. The summed E-state index contributed by atoms with van der Waals surface area (Å²) in [6.07, 6.45) is -4.77.